The van der Waals surface area contributed by atoms with Gasteiger partial charge in [-0.1, -0.05) is 74.5 Å². The summed E-state index contributed by atoms with van der Waals surface area (Å²) in [4.78, 5) is 2.48. The standard InChI is InChI=1S/C22H30N2O/c1-22(2)17-24(14-13-20(22)23)15-16-25-21(18-9-5-3-6-10-18)19-11-7-4-8-12-19/h3-12,20-21H,13-17,23H2,1-2H3. The summed E-state index contributed by atoms with van der Waals surface area (Å²) in [7, 11) is 0. The minimum atomic E-state index is -0.0116. The molecule has 134 valence electrons. The van der Waals surface area contributed by atoms with Crippen molar-refractivity contribution in [3.8, 4) is 0 Å². The summed E-state index contributed by atoms with van der Waals surface area (Å²) in [5.74, 6) is 0. The number of likely N-dealkylation sites (tertiary alicyclic amines) is 1. The lowest BCUT2D eigenvalue weighted by atomic mass is 9.80. The average molecular weight is 338 g/mol. The van der Waals surface area contributed by atoms with E-state index in [9.17, 15) is 0 Å². The van der Waals surface area contributed by atoms with Crippen LogP contribution in [0, 0.1) is 5.41 Å². The van der Waals surface area contributed by atoms with E-state index in [1.54, 1.807) is 0 Å². The van der Waals surface area contributed by atoms with Crippen LogP contribution >= 0.6 is 0 Å². The van der Waals surface area contributed by atoms with Crippen LogP contribution in [0.3, 0.4) is 0 Å². The number of ether oxygens (including phenoxy) is 1. The van der Waals surface area contributed by atoms with Crippen molar-refractivity contribution in [3.05, 3.63) is 71.8 Å². The maximum atomic E-state index is 6.34. The van der Waals surface area contributed by atoms with Crippen molar-refractivity contribution < 1.29 is 4.74 Å². The molecule has 1 atom stereocenters. The quantitative estimate of drug-likeness (QED) is 0.869. The van der Waals surface area contributed by atoms with Crippen molar-refractivity contribution in [2.75, 3.05) is 26.2 Å². The van der Waals surface area contributed by atoms with E-state index in [1.165, 1.54) is 11.1 Å². The van der Waals surface area contributed by atoms with E-state index in [0.717, 1.165) is 32.7 Å². The van der Waals surface area contributed by atoms with E-state index in [4.69, 9.17) is 10.5 Å². The Bertz CT molecular complexity index is 602. The molecule has 0 aromatic heterocycles. The highest BCUT2D eigenvalue weighted by atomic mass is 16.5. The number of benzene rings is 2. The molecule has 1 aliphatic rings. The number of rotatable bonds is 6. The second-order valence-electron chi connectivity index (χ2n) is 7.73. The van der Waals surface area contributed by atoms with Crippen molar-refractivity contribution in [2.45, 2.75) is 32.4 Å². The summed E-state index contributed by atoms with van der Waals surface area (Å²) >= 11 is 0. The molecule has 2 aromatic rings. The number of hydrogen-bond donors (Lipinski definition) is 1. The predicted octanol–water partition coefficient (Wildman–Crippen LogP) is 3.85. The zero-order valence-electron chi connectivity index (χ0n) is 15.4. The van der Waals surface area contributed by atoms with Gasteiger partial charge in [0, 0.05) is 19.1 Å². The molecule has 0 radical (unpaired) electrons. The van der Waals surface area contributed by atoms with Crippen LogP contribution in [0.25, 0.3) is 0 Å². The van der Waals surface area contributed by atoms with Crippen LogP contribution in [0.4, 0.5) is 0 Å². The van der Waals surface area contributed by atoms with Gasteiger partial charge in [0.1, 0.15) is 6.10 Å². The molecule has 0 spiro atoms. The molecule has 0 saturated carbocycles. The number of nitrogens with zero attached hydrogens (tertiary/aromatic N) is 1. The highest BCUT2D eigenvalue weighted by Gasteiger charge is 2.33. The summed E-state index contributed by atoms with van der Waals surface area (Å²) in [6, 6.07) is 21.2. The first-order chi connectivity index (χ1) is 12.1. The first kappa shape index (κ1) is 18.1. The summed E-state index contributed by atoms with van der Waals surface area (Å²) in [6.07, 6.45) is 1.05. The summed E-state index contributed by atoms with van der Waals surface area (Å²) in [5.41, 5.74) is 8.83. The van der Waals surface area contributed by atoms with Gasteiger partial charge in [-0.15, -0.1) is 0 Å². The van der Waals surface area contributed by atoms with E-state index >= 15 is 0 Å². The first-order valence-corrected chi connectivity index (χ1v) is 9.26. The van der Waals surface area contributed by atoms with E-state index in [-0.39, 0.29) is 11.5 Å². The largest absolute Gasteiger partial charge is 0.367 e. The maximum Gasteiger partial charge on any atom is 0.108 e. The fourth-order valence-electron chi connectivity index (χ4n) is 3.62. The van der Waals surface area contributed by atoms with E-state index in [2.05, 4.69) is 67.3 Å². The van der Waals surface area contributed by atoms with Crippen LogP contribution in [0.15, 0.2) is 60.7 Å². The smallest absolute Gasteiger partial charge is 0.108 e. The van der Waals surface area contributed by atoms with Crippen LogP contribution in [0.1, 0.15) is 37.5 Å². The predicted molar refractivity (Wildman–Crippen MR) is 103 cm³/mol. The lowest BCUT2D eigenvalue weighted by Crippen LogP contribution is -2.52. The van der Waals surface area contributed by atoms with Gasteiger partial charge in [-0.3, -0.25) is 0 Å². The molecule has 1 aliphatic heterocycles. The van der Waals surface area contributed by atoms with Gasteiger partial charge in [-0.2, -0.15) is 0 Å². The zero-order chi connectivity index (χ0) is 17.7. The fraction of sp³-hybridized carbons (Fsp3) is 0.455. The van der Waals surface area contributed by atoms with Crippen molar-refractivity contribution >= 4 is 0 Å². The lowest BCUT2D eigenvalue weighted by Gasteiger charge is -2.42. The third kappa shape index (κ3) is 4.69. The molecule has 25 heavy (non-hydrogen) atoms. The number of hydrogen-bond acceptors (Lipinski definition) is 3. The molecule has 3 nitrogen and oxygen atoms in total. The SMILES string of the molecule is CC1(C)CN(CCOC(c2ccccc2)c2ccccc2)CCC1N. The molecule has 1 saturated heterocycles. The highest BCUT2D eigenvalue weighted by Crippen LogP contribution is 2.28. The molecule has 0 amide bonds. The zero-order valence-corrected chi connectivity index (χ0v) is 15.4. The molecule has 0 bridgehead atoms. The molecule has 1 heterocycles. The van der Waals surface area contributed by atoms with Gasteiger partial charge in [0.05, 0.1) is 6.61 Å². The van der Waals surface area contributed by atoms with Gasteiger partial charge in [-0.25, -0.2) is 0 Å². The highest BCUT2D eigenvalue weighted by molar-refractivity contribution is 5.29. The lowest BCUT2D eigenvalue weighted by molar-refractivity contribution is 0.0321. The topological polar surface area (TPSA) is 38.5 Å². The molecule has 3 rings (SSSR count). The van der Waals surface area contributed by atoms with Crippen molar-refractivity contribution in [1.29, 1.82) is 0 Å². The Labute approximate surface area is 151 Å². The molecule has 0 aliphatic carbocycles. The molecular formula is C22H30N2O. The number of piperidine rings is 1. The Morgan fingerprint density at radius 2 is 1.60 bits per heavy atom. The third-order valence-electron chi connectivity index (χ3n) is 5.29. The Hall–Kier alpha value is -1.68. The van der Waals surface area contributed by atoms with E-state index in [1.807, 2.05) is 12.1 Å². The van der Waals surface area contributed by atoms with Gasteiger partial charge in [0.25, 0.3) is 0 Å². The van der Waals surface area contributed by atoms with Crippen molar-refractivity contribution in [1.82, 2.24) is 4.90 Å². The molecule has 2 N–H and O–H groups in total. The molecule has 3 heteroatoms. The van der Waals surface area contributed by atoms with E-state index in [0.29, 0.717) is 6.04 Å². The third-order valence-corrected chi connectivity index (χ3v) is 5.29. The van der Waals surface area contributed by atoms with E-state index < -0.39 is 0 Å². The second-order valence-corrected chi connectivity index (χ2v) is 7.73. The first-order valence-electron chi connectivity index (χ1n) is 9.26. The Morgan fingerprint density at radius 1 is 1.04 bits per heavy atom. The summed E-state index contributed by atoms with van der Waals surface area (Å²) < 4.78 is 6.34. The average Bonchev–Trinajstić information content (AvgIpc) is 2.63. The van der Waals surface area contributed by atoms with Gasteiger partial charge >= 0.3 is 0 Å². The van der Waals surface area contributed by atoms with Crippen LogP contribution in [0.5, 0.6) is 0 Å². The Balaban J connectivity index is 1.62. The van der Waals surface area contributed by atoms with Gasteiger partial charge in [0.2, 0.25) is 0 Å². The Morgan fingerprint density at radius 3 is 2.12 bits per heavy atom. The maximum absolute atomic E-state index is 6.34. The molecular weight excluding hydrogens is 308 g/mol. The monoisotopic (exact) mass is 338 g/mol. The minimum absolute atomic E-state index is 0.0116. The van der Waals surface area contributed by atoms with Crippen LogP contribution < -0.4 is 5.73 Å². The Kier molecular flexibility index (Phi) is 5.89. The number of nitrogens with two attached hydrogens (primary N) is 1. The molecule has 2 aromatic carbocycles. The van der Waals surface area contributed by atoms with Gasteiger partial charge < -0.3 is 15.4 Å². The minimum Gasteiger partial charge on any atom is -0.367 e. The second kappa shape index (κ2) is 8.13. The van der Waals surface area contributed by atoms with Crippen LogP contribution in [-0.2, 0) is 4.74 Å². The van der Waals surface area contributed by atoms with Gasteiger partial charge in [-0.05, 0) is 29.5 Å². The normalized spacial score (nSPS) is 20.7. The van der Waals surface area contributed by atoms with Crippen molar-refractivity contribution in [3.63, 3.8) is 0 Å². The summed E-state index contributed by atoms with van der Waals surface area (Å²) in [6.45, 7) is 8.31. The van der Waals surface area contributed by atoms with Crippen LogP contribution in [-0.4, -0.2) is 37.2 Å². The molecule has 1 unspecified atom stereocenters. The fourth-order valence-corrected chi connectivity index (χ4v) is 3.62. The molecule has 1 fully saturated rings. The van der Waals surface area contributed by atoms with Gasteiger partial charge in [0.15, 0.2) is 0 Å². The van der Waals surface area contributed by atoms with Crippen LogP contribution in [0.2, 0.25) is 0 Å². The van der Waals surface area contributed by atoms with Crippen molar-refractivity contribution in [2.24, 2.45) is 11.1 Å². The summed E-state index contributed by atoms with van der Waals surface area (Å²) in [5, 5.41) is 0.